The van der Waals surface area contributed by atoms with Crippen molar-refractivity contribution in [3.05, 3.63) is 0 Å². The first-order valence-electron chi connectivity index (χ1n) is 6.54. The maximum atomic E-state index is 11.8. The summed E-state index contributed by atoms with van der Waals surface area (Å²) in [6, 6.07) is -0.795. The molecule has 0 heterocycles. The summed E-state index contributed by atoms with van der Waals surface area (Å²) in [6.45, 7) is 3.38. The van der Waals surface area contributed by atoms with Gasteiger partial charge in [-0.25, -0.2) is 0 Å². The Kier molecular flexibility index (Phi) is 5.45. The highest BCUT2D eigenvalue weighted by Crippen LogP contribution is 2.28. The molecule has 1 amide bonds. The first kappa shape index (κ1) is 14.0. The first-order valence-corrected chi connectivity index (χ1v) is 6.54. The van der Waals surface area contributed by atoms with Crippen LogP contribution in [0.2, 0.25) is 0 Å². The minimum Gasteiger partial charge on any atom is -0.480 e. The van der Waals surface area contributed by atoms with Gasteiger partial charge in [0.05, 0.1) is 0 Å². The predicted molar refractivity (Wildman–Crippen MR) is 65.6 cm³/mol. The molecule has 98 valence electrons. The number of amides is 1. The van der Waals surface area contributed by atoms with Crippen molar-refractivity contribution in [1.29, 1.82) is 0 Å². The zero-order valence-corrected chi connectivity index (χ0v) is 10.7. The third-order valence-corrected chi connectivity index (χ3v) is 3.59. The lowest BCUT2D eigenvalue weighted by Crippen LogP contribution is -2.41. The summed E-state index contributed by atoms with van der Waals surface area (Å²) in [5.41, 5.74) is 0. The standard InChI is InChI=1S/C13H23NO3/c1-9(8-11-6-4-3-5-7-11)12(15)14-10(2)13(16)17/h9-11H,3-8H2,1-2H3,(H,14,15)(H,16,17)/t9?,10-/m1/s1. The van der Waals surface area contributed by atoms with E-state index >= 15 is 0 Å². The number of carbonyl (C=O) groups excluding carboxylic acids is 1. The van der Waals surface area contributed by atoms with Gasteiger partial charge in [0.15, 0.2) is 0 Å². The Morgan fingerprint density at radius 3 is 2.35 bits per heavy atom. The van der Waals surface area contributed by atoms with Crippen LogP contribution in [0.3, 0.4) is 0 Å². The van der Waals surface area contributed by atoms with Crippen molar-refractivity contribution >= 4 is 11.9 Å². The summed E-state index contributed by atoms with van der Waals surface area (Å²) < 4.78 is 0. The lowest BCUT2D eigenvalue weighted by Gasteiger charge is -2.24. The smallest absolute Gasteiger partial charge is 0.325 e. The molecular formula is C13H23NO3. The second kappa shape index (κ2) is 6.62. The van der Waals surface area contributed by atoms with Crippen LogP contribution in [0.15, 0.2) is 0 Å². The molecule has 0 bridgehead atoms. The fraction of sp³-hybridized carbons (Fsp3) is 0.846. The summed E-state index contributed by atoms with van der Waals surface area (Å²) in [6.07, 6.45) is 7.17. The van der Waals surface area contributed by atoms with Crippen LogP contribution in [-0.4, -0.2) is 23.0 Å². The predicted octanol–water partition coefficient (Wildman–Crippen LogP) is 2.18. The topological polar surface area (TPSA) is 66.4 Å². The molecule has 1 aliphatic rings. The van der Waals surface area contributed by atoms with E-state index in [1.54, 1.807) is 0 Å². The van der Waals surface area contributed by atoms with Crippen molar-refractivity contribution < 1.29 is 14.7 Å². The van der Waals surface area contributed by atoms with Crippen LogP contribution in [0.5, 0.6) is 0 Å². The van der Waals surface area contributed by atoms with Crippen molar-refractivity contribution in [2.75, 3.05) is 0 Å². The molecular weight excluding hydrogens is 218 g/mol. The van der Waals surface area contributed by atoms with E-state index in [0.29, 0.717) is 5.92 Å². The Morgan fingerprint density at radius 2 is 1.82 bits per heavy atom. The summed E-state index contributed by atoms with van der Waals surface area (Å²) in [5, 5.41) is 11.2. The zero-order valence-electron chi connectivity index (χ0n) is 10.7. The van der Waals surface area contributed by atoms with Gasteiger partial charge >= 0.3 is 5.97 Å². The molecule has 0 spiro atoms. The molecule has 2 N–H and O–H groups in total. The van der Waals surface area contributed by atoms with Crippen molar-refractivity contribution in [2.24, 2.45) is 11.8 Å². The average molecular weight is 241 g/mol. The van der Waals surface area contributed by atoms with E-state index < -0.39 is 12.0 Å². The minimum absolute atomic E-state index is 0.0834. The lowest BCUT2D eigenvalue weighted by atomic mass is 9.83. The van der Waals surface area contributed by atoms with Crippen LogP contribution in [-0.2, 0) is 9.59 Å². The molecule has 17 heavy (non-hydrogen) atoms. The molecule has 0 aromatic rings. The summed E-state index contributed by atoms with van der Waals surface area (Å²) in [7, 11) is 0. The minimum atomic E-state index is -0.983. The fourth-order valence-electron chi connectivity index (χ4n) is 2.45. The van der Waals surface area contributed by atoms with Crippen LogP contribution < -0.4 is 5.32 Å². The van der Waals surface area contributed by atoms with Gasteiger partial charge in [0.25, 0.3) is 0 Å². The van der Waals surface area contributed by atoms with Crippen LogP contribution >= 0.6 is 0 Å². The molecule has 4 heteroatoms. The Balaban J connectivity index is 2.33. The van der Waals surface area contributed by atoms with Crippen molar-refractivity contribution in [3.8, 4) is 0 Å². The fourth-order valence-corrected chi connectivity index (χ4v) is 2.45. The maximum Gasteiger partial charge on any atom is 0.325 e. The van der Waals surface area contributed by atoms with E-state index in [9.17, 15) is 9.59 Å². The molecule has 0 saturated heterocycles. The van der Waals surface area contributed by atoms with E-state index in [1.165, 1.54) is 39.0 Å². The number of hydrogen-bond donors (Lipinski definition) is 2. The van der Waals surface area contributed by atoms with Crippen LogP contribution in [0.25, 0.3) is 0 Å². The van der Waals surface area contributed by atoms with Gasteiger partial charge in [-0.15, -0.1) is 0 Å². The van der Waals surface area contributed by atoms with Gasteiger partial charge in [-0.2, -0.15) is 0 Å². The molecule has 0 radical (unpaired) electrons. The van der Waals surface area contributed by atoms with Crippen LogP contribution in [0, 0.1) is 11.8 Å². The summed E-state index contributed by atoms with van der Waals surface area (Å²) >= 11 is 0. The normalized spacial score (nSPS) is 20.6. The number of carboxylic acid groups (broad SMARTS) is 1. The SMILES string of the molecule is CC(CC1CCCCC1)C(=O)N[C@H](C)C(=O)O. The van der Waals surface area contributed by atoms with E-state index in [-0.39, 0.29) is 11.8 Å². The Labute approximate surface area is 103 Å². The monoisotopic (exact) mass is 241 g/mol. The molecule has 1 unspecified atom stereocenters. The molecule has 1 aliphatic carbocycles. The van der Waals surface area contributed by atoms with Crippen molar-refractivity contribution in [3.63, 3.8) is 0 Å². The number of carbonyl (C=O) groups is 2. The summed E-state index contributed by atoms with van der Waals surface area (Å²) in [4.78, 5) is 22.4. The van der Waals surface area contributed by atoms with E-state index in [2.05, 4.69) is 5.32 Å². The van der Waals surface area contributed by atoms with Crippen LogP contribution in [0.4, 0.5) is 0 Å². The number of nitrogens with one attached hydrogen (secondary N) is 1. The molecule has 0 aromatic heterocycles. The third kappa shape index (κ3) is 4.75. The highest BCUT2D eigenvalue weighted by Gasteiger charge is 2.23. The number of rotatable bonds is 5. The Hall–Kier alpha value is -1.06. The maximum absolute atomic E-state index is 11.8. The quantitative estimate of drug-likeness (QED) is 0.775. The van der Waals surface area contributed by atoms with Gasteiger partial charge < -0.3 is 10.4 Å². The molecule has 4 nitrogen and oxygen atoms in total. The van der Waals surface area contributed by atoms with Crippen molar-refractivity contribution in [2.45, 2.75) is 58.4 Å². The van der Waals surface area contributed by atoms with Gasteiger partial charge in [0.1, 0.15) is 6.04 Å². The van der Waals surface area contributed by atoms with E-state index in [4.69, 9.17) is 5.11 Å². The van der Waals surface area contributed by atoms with Gasteiger partial charge in [0.2, 0.25) is 5.91 Å². The highest BCUT2D eigenvalue weighted by atomic mass is 16.4. The Morgan fingerprint density at radius 1 is 1.24 bits per heavy atom. The molecule has 0 aliphatic heterocycles. The molecule has 2 atom stereocenters. The second-order valence-electron chi connectivity index (χ2n) is 5.21. The summed E-state index contributed by atoms with van der Waals surface area (Å²) in [5.74, 6) is -0.557. The highest BCUT2D eigenvalue weighted by molar-refractivity contribution is 5.84. The number of carboxylic acids is 1. The Bertz CT molecular complexity index is 272. The van der Waals surface area contributed by atoms with E-state index in [0.717, 1.165) is 6.42 Å². The molecule has 0 aromatic carbocycles. The molecule has 1 saturated carbocycles. The van der Waals surface area contributed by atoms with Crippen molar-refractivity contribution in [1.82, 2.24) is 5.32 Å². The zero-order chi connectivity index (χ0) is 12.8. The average Bonchev–Trinajstić information content (AvgIpc) is 2.29. The molecule has 1 fully saturated rings. The largest absolute Gasteiger partial charge is 0.480 e. The second-order valence-corrected chi connectivity index (χ2v) is 5.21. The lowest BCUT2D eigenvalue weighted by molar-refractivity contribution is -0.141. The van der Waals surface area contributed by atoms with Crippen LogP contribution in [0.1, 0.15) is 52.4 Å². The molecule has 1 rings (SSSR count). The first-order chi connectivity index (χ1) is 8.00. The number of hydrogen-bond acceptors (Lipinski definition) is 2. The number of aliphatic carboxylic acids is 1. The van der Waals surface area contributed by atoms with Gasteiger partial charge in [0, 0.05) is 5.92 Å². The van der Waals surface area contributed by atoms with Gasteiger partial charge in [-0.3, -0.25) is 9.59 Å². The van der Waals surface area contributed by atoms with E-state index in [1.807, 2.05) is 6.92 Å². The van der Waals surface area contributed by atoms with Gasteiger partial charge in [-0.1, -0.05) is 39.0 Å². The van der Waals surface area contributed by atoms with Gasteiger partial charge in [-0.05, 0) is 19.3 Å². The third-order valence-electron chi connectivity index (χ3n) is 3.59.